The number of benzene rings is 2. The van der Waals surface area contributed by atoms with E-state index in [1.807, 2.05) is 101 Å². The molecule has 2 spiro atoms. The van der Waals surface area contributed by atoms with Gasteiger partial charge in [0.2, 0.25) is 11.8 Å². The van der Waals surface area contributed by atoms with Gasteiger partial charge in [0.15, 0.2) is 0 Å². The Labute approximate surface area is 346 Å². The maximum absolute atomic E-state index is 14.6. The van der Waals surface area contributed by atoms with Crippen LogP contribution in [0, 0.1) is 5.41 Å². The maximum Gasteiger partial charge on any atom is 0.410 e. The lowest BCUT2D eigenvalue weighted by Crippen LogP contribution is -2.48. The third-order valence-corrected chi connectivity index (χ3v) is 11.8. The zero-order valence-corrected chi connectivity index (χ0v) is 35.4. The van der Waals surface area contributed by atoms with Gasteiger partial charge in [-0.25, -0.2) is 19.4 Å². The molecule has 1 atom stereocenters. The fourth-order valence-corrected chi connectivity index (χ4v) is 8.84. The molecular weight excluding hydrogens is 751 g/mol. The highest BCUT2D eigenvalue weighted by atomic mass is 16.6. The highest BCUT2D eigenvalue weighted by Gasteiger charge is 2.51. The van der Waals surface area contributed by atoms with Crippen LogP contribution in [0.15, 0.2) is 60.8 Å². The molecule has 14 heteroatoms. The lowest BCUT2D eigenvalue weighted by atomic mass is 9.78. The zero-order chi connectivity index (χ0) is 42.3. The van der Waals surface area contributed by atoms with Crippen molar-refractivity contribution < 1.29 is 33.4 Å². The normalized spacial score (nSPS) is 19.3. The van der Waals surface area contributed by atoms with Crippen molar-refractivity contribution in [2.45, 2.75) is 103 Å². The van der Waals surface area contributed by atoms with Crippen molar-refractivity contribution in [2.24, 2.45) is 5.41 Å². The second-order valence-corrected chi connectivity index (χ2v) is 18.7. The highest BCUT2D eigenvalue weighted by molar-refractivity contribution is 6.06. The van der Waals surface area contributed by atoms with Crippen LogP contribution in [0.5, 0.6) is 0 Å². The fraction of sp³-hybridized carbons (Fsp3) is 0.511. The average molecular weight is 808 g/mol. The molecule has 2 saturated heterocycles. The first-order valence-corrected chi connectivity index (χ1v) is 20.5. The van der Waals surface area contributed by atoms with Crippen molar-refractivity contribution in [1.82, 2.24) is 24.6 Å². The molecule has 3 aromatic rings. The van der Waals surface area contributed by atoms with E-state index in [1.54, 1.807) is 23.0 Å². The monoisotopic (exact) mass is 807 g/mol. The third-order valence-electron chi connectivity index (χ3n) is 11.8. The number of fused-ring (bicyclic) bond motifs is 3. The van der Waals surface area contributed by atoms with Gasteiger partial charge in [0.1, 0.15) is 23.6 Å². The molecule has 4 heterocycles. The topological polar surface area (TPSA) is 154 Å². The molecule has 0 radical (unpaired) electrons. The Morgan fingerprint density at radius 1 is 0.831 bits per heavy atom. The van der Waals surface area contributed by atoms with E-state index in [2.05, 4.69) is 15.6 Å². The number of ether oxygens (including phenoxy) is 2. The number of aromatic nitrogens is 1. The lowest BCUT2D eigenvalue weighted by molar-refractivity contribution is -0.120. The van der Waals surface area contributed by atoms with E-state index in [4.69, 9.17) is 9.47 Å². The summed E-state index contributed by atoms with van der Waals surface area (Å²) in [6.07, 6.45) is 4.22. The fourth-order valence-electron chi connectivity index (χ4n) is 8.84. The Balaban J connectivity index is 1.07. The first kappa shape index (κ1) is 41.5. The van der Waals surface area contributed by atoms with Gasteiger partial charge in [-0.05, 0) is 120 Å². The van der Waals surface area contributed by atoms with Crippen molar-refractivity contribution in [3.8, 4) is 0 Å². The molecule has 4 aliphatic rings. The van der Waals surface area contributed by atoms with Crippen molar-refractivity contribution in [3.05, 3.63) is 88.6 Å². The number of anilines is 2. The van der Waals surface area contributed by atoms with Gasteiger partial charge in [0.05, 0.1) is 5.41 Å². The van der Waals surface area contributed by atoms with Crippen LogP contribution in [0.3, 0.4) is 0 Å². The van der Waals surface area contributed by atoms with Crippen molar-refractivity contribution in [1.29, 1.82) is 0 Å². The van der Waals surface area contributed by atoms with Gasteiger partial charge in [-0.2, -0.15) is 0 Å². The zero-order valence-electron chi connectivity index (χ0n) is 35.4. The average Bonchev–Trinajstić information content (AvgIpc) is 3.83. The molecule has 2 N–H and O–H groups in total. The SMILES string of the molecule is CN(Cc1ccccc1CN(CC(=O)Nc1ccc2c(c1)CC1(C2)C(=O)Nc2ncccc21)C(=O)N1CCC2(CCN(C(=O)OC(C)(C)C)CC2)C1)C(=O)OC(C)(C)C. The molecule has 1 unspecified atom stereocenters. The number of likely N-dealkylation sites (tertiary alicyclic amines) is 2. The minimum absolute atomic E-state index is 0.0722. The van der Waals surface area contributed by atoms with E-state index in [0.29, 0.717) is 50.5 Å². The first-order chi connectivity index (χ1) is 27.8. The van der Waals surface area contributed by atoms with Crippen LogP contribution in [0.4, 0.5) is 25.9 Å². The number of urea groups is 1. The Morgan fingerprint density at radius 3 is 2.15 bits per heavy atom. The molecule has 1 aliphatic carbocycles. The summed E-state index contributed by atoms with van der Waals surface area (Å²) in [6.45, 7) is 13.3. The molecule has 0 saturated carbocycles. The Hall–Kier alpha value is -5.66. The van der Waals surface area contributed by atoms with Crippen LogP contribution < -0.4 is 10.6 Å². The smallest absolute Gasteiger partial charge is 0.410 e. The predicted octanol–water partition coefficient (Wildman–Crippen LogP) is 6.72. The summed E-state index contributed by atoms with van der Waals surface area (Å²) in [4.78, 5) is 78.6. The van der Waals surface area contributed by atoms with E-state index in [0.717, 1.165) is 47.1 Å². The van der Waals surface area contributed by atoms with E-state index in [-0.39, 0.29) is 49.0 Å². The number of nitrogens with one attached hydrogen (secondary N) is 2. The van der Waals surface area contributed by atoms with E-state index >= 15 is 0 Å². The quantitative estimate of drug-likeness (QED) is 0.267. The summed E-state index contributed by atoms with van der Waals surface area (Å²) in [6, 6.07) is 16.9. The number of hydrogen-bond acceptors (Lipinski definition) is 8. The largest absolute Gasteiger partial charge is 0.444 e. The number of rotatable bonds is 7. The molecule has 14 nitrogen and oxygen atoms in total. The highest BCUT2D eigenvalue weighted by Crippen LogP contribution is 2.47. The van der Waals surface area contributed by atoms with Crippen LogP contribution in [-0.4, -0.2) is 106 Å². The van der Waals surface area contributed by atoms with Gasteiger partial charge in [-0.3, -0.25) is 9.59 Å². The van der Waals surface area contributed by atoms with Gasteiger partial charge in [0, 0.05) is 63.8 Å². The summed E-state index contributed by atoms with van der Waals surface area (Å²) >= 11 is 0. The number of nitrogens with zero attached hydrogens (tertiary/aromatic N) is 5. The second kappa shape index (κ2) is 15.8. The summed E-state index contributed by atoms with van der Waals surface area (Å²) in [5.41, 5.74) is 3.01. The number of carbonyl (C=O) groups excluding carboxylic acids is 5. The molecular formula is C45H57N7O7. The van der Waals surface area contributed by atoms with Crippen LogP contribution >= 0.6 is 0 Å². The number of hydrogen-bond donors (Lipinski definition) is 2. The molecule has 7 rings (SSSR count). The molecule has 2 aromatic carbocycles. The van der Waals surface area contributed by atoms with E-state index in [9.17, 15) is 24.0 Å². The van der Waals surface area contributed by atoms with Gasteiger partial charge < -0.3 is 39.7 Å². The molecule has 314 valence electrons. The molecule has 2 fully saturated rings. The van der Waals surface area contributed by atoms with E-state index < -0.39 is 22.7 Å². The first-order valence-electron chi connectivity index (χ1n) is 20.5. The Bertz CT molecular complexity index is 2130. The van der Waals surface area contributed by atoms with Crippen LogP contribution in [0.1, 0.15) is 88.6 Å². The number of amides is 6. The standard InChI is InChI=1S/C45H57N7O7/c1-42(2,3)58-40(56)49(7)26-31-11-8-9-12-32(31)27-52(39(55)51-22-18-44(29-51)16-20-50(21-17-44)41(57)59-43(4,5)6)28-36(53)47-34-15-14-30-24-45(25-33(30)23-34)35-13-10-19-46-37(35)48-38(45)54/h8-15,19,23H,16-18,20-22,24-29H2,1-7H3,(H,47,53)(H,46,48,54). The van der Waals surface area contributed by atoms with Crippen molar-refractivity contribution in [3.63, 3.8) is 0 Å². The summed E-state index contributed by atoms with van der Waals surface area (Å²) in [7, 11) is 1.67. The molecule has 0 bridgehead atoms. The lowest BCUT2D eigenvalue weighted by Gasteiger charge is -2.39. The van der Waals surface area contributed by atoms with E-state index in [1.165, 1.54) is 4.90 Å². The van der Waals surface area contributed by atoms with Gasteiger partial charge in [0.25, 0.3) is 0 Å². The molecule has 6 amide bonds. The summed E-state index contributed by atoms with van der Waals surface area (Å²) in [5, 5.41) is 5.97. The Morgan fingerprint density at radius 2 is 1.47 bits per heavy atom. The molecule has 3 aliphatic heterocycles. The second-order valence-electron chi connectivity index (χ2n) is 18.7. The van der Waals surface area contributed by atoms with Crippen LogP contribution in [0.2, 0.25) is 0 Å². The van der Waals surface area contributed by atoms with Crippen molar-refractivity contribution in [2.75, 3.05) is 50.4 Å². The van der Waals surface area contributed by atoms with Crippen LogP contribution in [-0.2, 0) is 50.4 Å². The van der Waals surface area contributed by atoms with Gasteiger partial charge >= 0.3 is 18.2 Å². The minimum Gasteiger partial charge on any atom is -0.444 e. The molecule has 59 heavy (non-hydrogen) atoms. The van der Waals surface area contributed by atoms with Gasteiger partial charge in [-0.1, -0.05) is 36.4 Å². The number of carbonyl (C=O) groups is 5. The maximum atomic E-state index is 14.6. The molecule has 1 aromatic heterocycles. The van der Waals surface area contributed by atoms with Gasteiger partial charge in [-0.15, -0.1) is 0 Å². The number of piperidine rings is 1. The summed E-state index contributed by atoms with van der Waals surface area (Å²) in [5.74, 6) is 0.163. The predicted molar refractivity (Wildman–Crippen MR) is 223 cm³/mol. The minimum atomic E-state index is -0.734. The van der Waals surface area contributed by atoms with Crippen LogP contribution in [0.25, 0.3) is 0 Å². The summed E-state index contributed by atoms with van der Waals surface area (Å²) < 4.78 is 11.2. The third kappa shape index (κ3) is 9.16. The Kier molecular flexibility index (Phi) is 11.1. The number of pyridine rings is 1. The van der Waals surface area contributed by atoms with Crippen molar-refractivity contribution >= 4 is 41.5 Å².